The smallest absolute Gasteiger partial charge is 0.224 e. The van der Waals surface area contributed by atoms with Crippen LogP contribution in [0.15, 0.2) is 29.3 Å². The molecule has 1 aromatic rings. The minimum atomic E-state index is 0.0573. The summed E-state index contributed by atoms with van der Waals surface area (Å²) in [5.41, 5.74) is 1.94. The maximum Gasteiger partial charge on any atom is 0.224 e. The number of rotatable bonds is 11. The molecule has 1 aromatic carbocycles. The van der Waals surface area contributed by atoms with Crippen LogP contribution >= 0.6 is 0 Å². The van der Waals surface area contributed by atoms with Crippen molar-refractivity contribution in [3.8, 4) is 0 Å². The van der Waals surface area contributed by atoms with E-state index < -0.39 is 0 Å². The van der Waals surface area contributed by atoms with Crippen LogP contribution in [0, 0.1) is 0 Å². The molecule has 28 heavy (non-hydrogen) atoms. The highest BCUT2D eigenvalue weighted by Gasteiger charge is 2.12. The molecule has 0 aliphatic heterocycles. The van der Waals surface area contributed by atoms with Crippen LogP contribution in [0.4, 0.5) is 5.69 Å². The molecule has 0 aliphatic rings. The van der Waals surface area contributed by atoms with Gasteiger partial charge < -0.3 is 16.0 Å². The molecule has 1 rings (SSSR count). The van der Waals surface area contributed by atoms with Gasteiger partial charge in [-0.1, -0.05) is 19.1 Å². The Morgan fingerprint density at radius 1 is 1.14 bits per heavy atom. The third-order valence-electron chi connectivity index (χ3n) is 4.58. The zero-order valence-corrected chi connectivity index (χ0v) is 18.5. The van der Waals surface area contributed by atoms with Gasteiger partial charge in [-0.2, -0.15) is 0 Å². The number of anilines is 1. The van der Waals surface area contributed by atoms with Gasteiger partial charge in [-0.15, -0.1) is 0 Å². The summed E-state index contributed by atoms with van der Waals surface area (Å²) in [6, 6.07) is 9.03. The molecule has 1 amide bonds. The molecule has 3 N–H and O–H groups in total. The second-order valence-electron chi connectivity index (χ2n) is 7.63. The van der Waals surface area contributed by atoms with E-state index in [0.29, 0.717) is 25.0 Å². The van der Waals surface area contributed by atoms with Crippen molar-refractivity contribution in [1.29, 1.82) is 0 Å². The molecule has 0 aromatic heterocycles. The third kappa shape index (κ3) is 9.22. The van der Waals surface area contributed by atoms with Gasteiger partial charge in [0.15, 0.2) is 5.96 Å². The van der Waals surface area contributed by atoms with Crippen LogP contribution in [0.3, 0.4) is 0 Å². The number of benzene rings is 1. The van der Waals surface area contributed by atoms with E-state index in [4.69, 9.17) is 0 Å². The Morgan fingerprint density at radius 3 is 2.46 bits per heavy atom. The number of nitrogens with zero attached hydrogens (tertiary/aromatic N) is 2. The molecule has 0 heterocycles. The van der Waals surface area contributed by atoms with Gasteiger partial charge in [-0.3, -0.25) is 14.7 Å². The molecule has 0 spiro atoms. The Morgan fingerprint density at radius 2 is 1.86 bits per heavy atom. The summed E-state index contributed by atoms with van der Waals surface area (Å²) < 4.78 is 0. The van der Waals surface area contributed by atoms with Crippen LogP contribution < -0.4 is 16.0 Å². The standard InChI is InChI=1S/C22H39N5O/c1-7-10-21(28)26-20-12-8-11-19(15-20)16-25-22(23-6)24-13-9-14-27(17(2)3)18(4)5/h8,11-12,15,17-18H,7,9-10,13-14,16H2,1-6H3,(H,26,28)(H2,23,24,25). The lowest BCUT2D eigenvalue weighted by atomic mass is 10.2. The normalized spacial score (nSPS) is 12.0. The first-order valence-corrected chi connectivity index (χ1v) is 10.5. The summed E-state index contributed by atoms with van der Waals surface area (Å²) in [6.07, 6.45) is 2.46. The zero-order valence-electron chi connectivity index (χ0n) is 18.5. The van der Waals surface area contributed by atoms with E-state index >= 15 is 0 Å². The summed E-state index contributed by atoms with van der Waals surface area (Å²) in [4.78, 5) is 18.5. The Labute approximate surface area is 171 Å². The van der Waals surface area contributed by atoms with Crippen molar-refractivity contribution in [3.63, 3.8) is 0 Å². The van der Waals surface area contributed by atoms with Crippen LogP contribution in [0.2, 0.25) is 0 Å². The summed E-state index contributed by atoms with van der Waals surface area (Å²) in [5.74, 6) is 0.850. The molecule has 6 nitrogen and oxygen atoms in total. The Bertz CT molecular complexity index is 605. The molecule has 6 heteroatoms. The van der Waals surface area contributed by atoms with Gasteiger partial charge in [-0.25, -0.2) is 0 Å². The minimum Gasteiger partial charge on any atom is -0.356 e. The molecular formula is C22H39N5O. The van der Waals surface area contributed by atoms with Crippen molar-refractivity contribution in [2.45, 2.75) is 72.5 Å². The van der Waals surface area contributed by atoms with Crippen LogP contribution in [0.5, 0.6) is 0 Å². The highest BCUT2D eigenvalue weighted by Crippen LogP contribution is 2.11. The number of nitrogens with one attached hydrogen (secondary N) is 3. The molecule has 0 bridgehead atoms. The molecule has 0 saturated heterocycles. The predicted molar refractivity (Wildman–Crippen MR) is 120 cm³/mol. The van der Waals surface area contributed by atoms with Gasteiger partial charge in [0, 0.05) is 50.9 Å². The number of aliphatic imine (C=N–C) groups is 1. The van der Waals surface area contributed by atoms with Crippen LogP contribution in [-0.2, 0) is 11.3 Å². The number of carbonyl (C=O) groups excluding carboxylic acids is 1. The van der Waals surface area contributed by atoms with Crippen molar-refractivity contribution in [1.82, 2.24) is 15.5 Å². The summed E-state index contributed by atoms with van der Waals surface area (Å²) in [6.45, 7) is 13.6. The fraction of sp³-hybridized carbons (Fsp3) is 0.636. The Balaban J connectivity index is 2.43. The zero-order chi connectivity index (χ0) is 20.9. The average molecular weight is 390 g/mol. The first-order chi connectivity index (χ1) is 13.4. The molecule has 158 valence electrons. The van der Waals surface area contributed by atoms with Crippen molar-refractivity contribution in [2.24, 2.45) is 4.99 Å². The first-order valence-electron chi connectivity index (χ1n) is 10.5. The number of hydrogen-bond acceptors (Lipinski definition) is 3. The number of guanidine groups is 1. The quantitative estimate of drug-likeness (QED) is 0.307. The van der Waals surface area contributed by atoms with Crippen molar-refractivity contribution >= 4 is 17.6 Å². The highest BCUT2D eigenvalue weighted by molar-refractivity contribution is 5.90. The maximum absolute atomic E-state index is 11.8. The van der Waals surface area contributed by atoms with Gasteiger partial charge in [-0.05, 0) is 58.2 Å². The molecule has 0 radical (unpaired) electrons. The third-order valence-corrected chi connectivity index (χ3v) is 4.58. The van der Waals surface area contributed by atoms with Crippen molar-refractivity contribution in [3.05, 3.63) is 29.8 Å². The topological polar surface area (TPSA) is 68.8 Å². The van der Waals surface area contributed by atoms with Gasteiger partial charge in [0.1, 0.15) is 0 Å². The number of amides is 1. The molecule has 0 aliphatic carbocycles. The van der Waals surface area contributed by atoms with Crippen LogP contribution in [-0.4, -0.2) is 49.0 Å². The second-order valence-corrected chi connectivity index (χ2v) is 7.63. The van der Waals surface area contributed by atoms with E-state index in [1.54, 1.807) is 7.05 Å². The van der Waals surface area contributed by atoms with E-state index in [0.717, 1.165) is 43.1 Å². The minimum absolute atomic E-state index is 0.0573. The summed E-state index contributed by atoms with van der Waals surface area (Å²) in [5, 5.41) is 9.65. The SMILES string of the molecule is CCCC(=O)Nc1cccc(CNC(=NC)NCCCN(C(C)C)C(C)C)c1. The average Bonchev–Trinajstić information content (AvgIpc) is 2.63. The van der Waals surface area contributed by atoms with E-state index in [1.807, 2.05) is 31.2 Å². The van der Waals surface area contributed by atoms with Gasteiger partial charge in [0.05, 0.1) is 0 Å². The summed E-state index contributed by atoms with van der Waals surface area (Å²) in [7, 11) is 1.78. The lowest BCUT2D eigenvalue weighted by Crippen LogP contribution is -2.41. The first kappa shape index (κ1) is 24.0. The largest absolute Gasteiger partial charge is 0.356 e. The highest BCUT2D eigenvalue weighted by atomic mass is 16.1. The molecule has 0 atom stereocenters. The maximum atomic E-state index is 11.8. The molecule has 0 saturated carbocycles. The number of carbonyl (C=O) groups is 1. The van der Waals surface area contributed by atoms with Crippen molar-refractivity contribution < 1.29 is 4.79 Å². The van der Waals surface area contributed by atoms with E-state index in [-0.39, 0.29) is 5.91 Å². The number of hydrogen-bond donors (Lipinski definition) is 3. The van der Waals surface area contributed by atoms with Gasteiger partial charge in [0.25, 0.3) is 0 Å². The van der Waals surface area contributed by atoms with Gasteiger partial charge in [0.2, 0.25) is 5.91 Å². The van der Waals surface area contributed by atoms with E-state index in [2.05, 4.69) is 53.5 Å². The van der Waals surface area contributed by atoms with E-state index in [1.165, 1.54) is 0 Å². The second kappa shape index (κ2) is 13.2. The monoisotopic (exact) mass is 389 g/mol. The molecule has 0 unspecified atom stereocenters. The predicted octanol–water partition coefficient (Wildman–Crippen LogP) is 3.60. The van der Waals surface area contributed by atoms with Crippen LogP contribution in [0.1, 0.15) is 59.4 Å². The fourth-order valence-corrected chi connectivity index (χ4v) is 3.20. The molecule has 0 fully saturated rings. The fourth-order valence-electron chi connectivity index (χ4n) is 3.20. The van der Waals surface area contributed by atoms with Crippen LogP contribution in [0.25, 0.3) is 0 Å². The Kier molecular flexibility index (Phi) is 11.3. The summed E-state index contributed by atoms with van der Waals surface area (Å²) >= 11 is 0. The molecular weight excluding hydrogens is 350 g/mol. The van der Waals surface area contributed by atoms with Crippen molar-refractivity contribution in [2.75, 3.05) is 25.5 Å². The Hall–Kier alpha value is -2.08. The lowest BCUT2D eigenvalue weighted by molar-refractivity contribution is -0.116. The lowest BCUT2D eigenvalue weighted by Gasteiger charge is -2.30. The van der Waals surface area contributed by atoms with E-state index in [9.17, 15) is 4.79 Å². The van der Waals surface area contributed by atoms with Gasteiger partial charge >= 0.3 is 0 Å².